The molecule has 3 rings (SSSR count). The molecule has 0 aromatic heterocycles. The number of carbonyl (C=O) groups excluding carboxylic acids is 1. The number of hydrogen-bond acceptors (Lipinski definition) is 5. The highest BCUT2D eigenvalue weighted by molar-refractivity contribution is 7.89. The van der Waals surface area contributed by atoms with Gasteiger partial charge in [0.25, 0.3) is 0 Å². The number of nitrogens with one attached hydrogen (secondary N) is 3. The molecule has 3 N–H and O–H groups in total. The zero-order chi connectivity index (χ0) is 21.6. The summed E-state index contributed by atoms with van der Waals surface area (Å²) < 4.78 is 32.4. The van der Waals surface area contributed by atoms with Crippen LogP contribution in [-0.2, 0) is 14.8 Å². The molecule has 1 atom stereocenters. The van der Waals surface area contributed by atoms with Crippen LogP contribution in [0.4, 0.5) is 11.4 Å². The summed E-state index contributed by atoms with van der Waals surface area (Å²) in [4.78, 5) is 12.5. The van der Waals surface area contributed by atoms with Gasteiger partial charge < -0.3 is 15.4 Å². The van der Waals surface area contributed by atoms with Crippen molar-refractivity contribution in [3.05, 3.63) is 48.5 Å². The zero-order valence-corrected chi connectivity index (χ0v) is 18.2. The van der Waals surface area contributed by atoms with Crippen LogP contribution in [0.3, 0.4) is 0 Å². The van der Waals surface area contributed by atoms with Crippen LogP contribution in [0.5, 0.6) is 5.75 Å². The number of anilines is 2. The Kier molecular flexibility index (Phi) is 7.33. The van der Waals surface area contributed by atoms with Gasteiger partial charge in [0.15, 0.2) is 0 Å². The Bertz CT molecular complexity index is 937. The van der Waals surface area contributed by atoms with Crippen molar-refractivity contribution in [1.29, 1.82) is 0 Å². The number of methoxy groups -OCH3 is 1. The molecule has 0 heterocycles. The van der Waals surface area contributed by atoms with Gasteiger partial charge in [-0.1, -0.05) is 19.3 Å². The van der Waals surface area contributed by atoms with Gasteiger partial charge in [-0.2, -0.15) is 4.72 Å². The summed E-state index contributed by atoms with van der Waals surface area (Å²) in [6.07, 6.45) is 6.20. The van der Waals surface area contributed by atoms with Gasteiger partial charge in [-0.3, -0.25) is 4.79 Å². The molecule has 162 valence electrons. The first kappa shape index (κ1) is 22.1. The molecule has 1 saturated carbocycles. The van der Waals surface area contributed by atoms with E-state index in [-0.39, 0.29) is 4.90 Å². The van der Waals surface area contributed by atoms with E-state index in [1.807, 2.05) is 24.3 Å². The molecule has 1 aliphatic carbocycles. The van der Waals surface area contributed by atoms with Crippen LogP contribution in [0.25, 0.3) is 0 Å². The van der Waals surface area contributed by atoms with Crippen molar-refractivity contribution in [2.24, 2.45) is 0 Å². The average Bonchev–Trinajstić information content (AvgIpc) is 2.75. The summed E-state index contributed by atoms with van der Waals surface area (Å²) >= 11 is 0. The Hall–Kier alpha value is -2.58. The Morgan fingerprint density at radius 3 is 2.17 bits per heavy atom. The van der Waals surface area contributed by atoms with E-state index >= 15 is 0 Å². The number of carbonyl (C=O) groups is 1. The van der Waals surface area contributed by atoms with Gasteiger partial charge >= 0.3 is 0 Å². The third kappa shape index (κ3) is 5.96. The van der Waals surface area contributed by atoms with Gasteiger partial charge in [0.05, 0.1) is 18.0 Å². The monoisotopic (exact) mass is 431 g/mol. The van der Waals surface area contributed by atoms with Gasteiger partial charge in [-0.25, -0.2) is 8.42 Å². The van der Waals surface area contributed by atoms with Crippen LogP contribution in [-0.4, -0.2) is 33.5 Å². The molecule has 1 fully saturated rings. The molecule has 2 aromatic rings. The van der Waals surface area contributed by atoms with Crippen LogP contribution >= 0.6 is 0 Å². The topological polar surface area (TPSA) is 96.5 Å². The van der Waals surface area contributed by atoms with Crippen LogP contribution in [0.2, 0.25) is 0 Å². The number of benzene rings is 2. The lowest BCUT2D eigenvalue weighted by Crippen LogP contribution is -2.41. The van der Waals surface area contributed by atoms with Crippen LogP contribution in [0, 0.1) is 0 Å². The molecular formula is C22H29N3O4S. The van der Waals surface area contributed by atoms with Crippen molar-refractivity contribution < 1.29 is 17.9 Å². The summed E-state index contributed by atoms with van der Waals surface area (Å²) in [5, 5.41) is 6.28. The molecule has 0 aliphatic heterocycles. The van der Waals surface area contributed by atoms with Gasteiger partial charge in [0.2, 0.25) is 15.9 Å². The van der Waals surface area contributed by atoms with Crippen molar-refractivity contribution in [1.82, 2.24) is 4.72 Å². The third-order valence-electron chi connectivity index (χ3n) is 5.22. The van der Waals surface area contributed by atoms with Crippen molar-refractivity contribution in [2.45, 2.75) is 56.0 Å². The number of ether oxygens (including phenoxy) is 1. The summed E-state index contributed by atoms with van der Waals surface area (Å²) in [6, 6.07) is 13.0. The summed E-state index contributed by atoms with van der Waals surface area (Å²) in [5.74, 6) is 0.126. The molecule has 1 aliphatic rings. The standard InChI is InChI=1S/C22H29N3O4S/c1-16(25-30(27,28)21-14-12-20(29-2)13-15-21)22(26)24-19-10-8-18(9-11-19)23-17-6-4-3-5-7-17/h8-17,23,25H,3-7H2,1-2H3,(H,24,26)/t16-/m0/s1. The average molecular weight is 432 g/mol. The Labute approximate surface area is 178 Å². The Morgan fingerprint density at radius 1 is 0.967 bits per heavy atom. The first-order chi connectivity index (χ1) is 14.4. The molecule has 7 nitrogen and oxygen atoms in total. The molecule has 0 bridgehead atoms. The highest BCUT2D eigenvalue weighted by Crippen LogP contribution is 2.22. The van der Waals surface area contributed by atoms with Gasteiger partial charge in [0, 0.05) is 17.4 Å². The number of sulfonamides is 1. The second kappa shape index (κ2) is 9.95. The quantitative estimate of drug-likeness (QED) is 0.592. The third-order valence-corrected chi connectivity index (χ3v) is 6.78. The maximum Gasteiger partial charge on any atom is 0.242 e. The fraction of sp³-hybridized carbons (Fsp3) is 0.409. The first-order valence-corrected chi connectivity index (χ1v) is 11.7. The Balaban J connectivity index is 1.55. The van der Waals surface area contributed by atoms with E-state index in [1.165, 1.54) is 58.3 Å². The molecule has 2 aromatic carbocycles. The van der Waals surface area contributed by atoms with E-state index < -0.39 is 22.0 Å². The van der Waals surface area contributed by atoms with Gasteiger partial charge in [0.1, 0.15) is 5.75 Å². The van der Waals surface area contributed by atoms with E-state index in [1.54, 1.807) is 12.1 Å². The van der Waals surface area contributed by atoms with E-state index in [9.17, 15) is 13.2 Å². The molecule has 30 heavy (non-hydrogen) atoms. The minimum atomic E-state index is -3.82. The minimum absolute atomic E-state index is 0.0705. The van der Waals surface area contributed by atoms with Crippen LogP contribution in [0.1, 0.15) is 39.0 Å². The molecule has 0 spiro atoms. The van der Waals surface area contributed by atoms with E-state index in [2.05, 4.69) is 15.4 Å². The van der Waals surface area contributed by atoms with Crippen molar-refractivity contribution in [3.63, 3.8) is 0 Å². The predicted molar refractivity (Wildman–Crippen MR) is 118 cm³/mol. The van der Waals surface area contributed by atoms with Crippen molar-refractivity contribution in [3.8, 4) is 5.75 Å². The van der Waals surface area contributed by atoms with E-state index in [0.29, 0.717) is 17.5 Å². The molecule has 0 unspecified atom stereocenters. The predicted octanol–water partition coefficient (Wildman–Crippen LogP) is 3.75. The highest BCUT2D eigenvalue weighted by atomic mass is 32.2. The normalized spacial score (nSPS) is 15.9. The van der Waals surface area contributed by atoms with Gasteiger partial charge in [-0.15, -0.1) is 0 Å². The molecular weight excluding hydrogens is 402 g/mol. The smallest absolute Gasteiger partial charge is 0.242 e. The second-order valence-corrected chi connectivity index (χ2v) is 9.28. The number of hydrogen-bond donors (Lipinski definition) is 3. The molecule has 0 radical (unpaired) electrons. The fourth-order valence-electron chi connectivity index (χ4n) is 3.49. The highest BCUT2D eigenvalue weighted by Gasteiger charge is 2.22. The SMILES string of the molecule is COc1ccc(S(=O)(=O)N[C@@H](C)C(=O)Nc2ccc(NC3CCCCC3)cc2)cc1. The Morgan fingerprint density at radius 2 is 1.57 bits per heavy atom. The molecule has 1 amide bonds. The summed E-state index contributed by atoms with van der Waals surface area (Å²) in [7, 11) is -2.31. The largest absolute Gasteiger partial charge is 0.497 e. The van der Waals surface area contributed by atoms with Crippen molar-refractivity contribution >= 4 is 27.3 Å². The van der Waals surface area contributed by atoms with Gasteiger partial charge in [-0.05, 0) is 68.3 Å². The van der Waals surface area contributed by atoms with Crippen molar-refractivity contribution in [2.75, 3.05) is 17.7 Å². The van der Waals surface area contributed by atoms with E-state index in [4.69, 9.17) is 4.74 Å². The minimum Gasteiger partial charge on any atom is -0.497 e. The molecule has 0 saturated heterocycles. The summed E-state index contributed by atoms with van der Waals surface area (Å²) in [5.41, 5.74) is 1.64. The zero-order valence-electron chi connectivity index (χ0n) is 17.4. The number of amides is 1. The maximum absolute atomic E-state index is 12.5. The lowest BCUT2D eigenvalue weighted by molar-refractivity contribution is -0.117. The summed E-state index contributed by atoms with van der Waals surface area (Å²) in [6.45, 7) is 1.51. The van der Waals surface area contributed by atoms with Crippen LogP contribution < -0.4 is 20.1 Å². The lowest BCUT2D eigenvalue weighted by Gasteiger charge is -2.24. The first-order valence-electron chi connectivity index (χ1n) is 10.2. The maximum atomic E-state index is 12.5. The molecule has 8 heteroatoms. The van der Waals surface area contributed by atoms with E-state index in [0.717, 1.165) is 5.69 Å². The second-order valence-electron chi connectivity index (χ2n) is 7.56. The fourth-order valence-corrected chi connectivity index (χ4v) is 4.70. The van der Waals surface area contributed by atoms with Crippen LogP contribution in [0.15, 0.2) is 53.4 Å². The lowest BCUT2D eigenvalue weighted by atomic mass is 9.95. The number of rotatable bonds is 8.